The maximum atomic E-state index is 11.0. The van der Waals surface area contributed by atoms with Crippen LogP contribution in [0.1, 0.15) is 11.4 Å². The molecule has 0 saturated heterocycles. The fourth-order valence-electron chi connectivity index (χ4n) is 1.83. The summed E-state index contributed by atoms with van der Waals surface area (Å²) >= 11 is 0. The lowest BCUT2D eigenvalue weighted by molar-refractivity contribution is -0.384. The van der Waals surface area contributed by atoms with Crippen LogP contribution in [0.15, 0.2) is 24.3 Å². The van der Waals surface area contributed by atoms with Gasteiger partial charge in [-0.2, -0.15) is 5.10 Å². The summed E-state index contributed by atoms with van der Waals surface area (Å²) in [5.41, 5.74) is 2.06. The quantitative estimate of drug-likeness (QED) is 0.616. The Balaban J connectivity index is 2.67. The largest absolute Gasteiger partial charge is 0.497 e. The summed E-state index contributed by atoms with van der Waals surface area (Å²) in [5, 5.41) is 15.3. The van der Waals surface area contributed by atoms with Gasteiger partial charge in [0, 0.05) is 17.8 Å². The second-order valence-corrected chi connectivity index (χ2v) is 3.95. The van der Waals surface area contributed by atoms with Crippen molar-refractivity contribution in [2.45, 2.75) is 13.8 Å². The van der Waals surface area contributed by atoms with Gasteiger partial charge >= 0.3 is 0 Å². The molecule has 1 heterocycles. The van der Waals surface area contributed by atoms with Crippen molar-refractivity contribution in [3.8, 4) is 11.4 Å². The Hall–Kier alpha value is -2.37. The molecule has 2 rings (SSSR count). The van der Waals surface area contributed by atoms with Crippen molar-refractivity contribution in [2.24, 2.45) is 0 Å². The molecule has 0 bridgehead atoms. The van der Waals surface area contributed by atoms with Gasteiger partial charge in [0.15, 0.2) is 0 Å². The summed E-state index contributed by atoms with van der Waals surface area (Å²) in [6, 6.07) is 6.46. The fraction of sp³-hybridized carbons (Fsp3) is 0.250. The average Bonchev–Trinajstić information content (AvgIpc) is 2.67. The van der Waals surface area contributed by atoms with E-state index in [4.69, 9.17) is 4.74 Å². The van der Waals surface area contributed by atoms with E-state index in [1.165, 1.54) is 13.2 Å². The molecule has 18 heavy (non-hydrogen) atoms. The summed E-state index contributed by atoms with van der Waals surface area (Å²) in [4.78, 5) is 10.6. The van der Waals surface area contributed by atoms with Crippen LogP contribution in [0.2, 0.25) is 0 Å². The zero-order valence-electron chi connectivity index (χ0n) is 10.4. The van der Waals surface area contributed by atoms with Gasteiger partial charge in [-0.05, 0) is 26.0 Å². The predicted octanol–water partition coefficient (Wildman–Crippen LogP) is 2.41. The summed E-state index contributed by atoms with van der Waals surface area (Å²) in [7, 11) is 1.52. The summed E-state index contributed by atoms with van der Waals surface area (Å²) in [6.07, 6.45) is 0. The number of hydrogen-bond acceptors (Lipinski definition) is 4. The maximum Gasteiger partial charge on any atom is 0.295 e. The van der Waals surface area contributed by atoms with Crippen LogP contribution < -0.4 is 4.74 Å². The highest BCUT2D eigenvalue weighted by molar-refractivity contribution is 5.56. The maximum absolute atomic E-state index is 11.0. The minimum absolute atomic E-state index is 0.00185. The van der Waals surface area contributed by atoms with Crippen LogP contribution in [0, 0.1) is 24.0 Å². The zero-order chi connectivity index (χ0) is 13.3. The van der Waals surface area contributed by atoms with Crippen LogP contribution >= 0.6 is 0 Å². The zero-order valence-corrected chi connectivity index (χ0v) is 10.4. The molecule has 1 aromatic carbocycles. The fourth-order valence-corrected chi connectivity index (χ4v) is 1.83. The number of aromatic nitrogens is 2. The Bertz CT molecular complexity index is 605. The highest BCUT2D eigenvalue weighted by atomic mass is 16.6. The van der Waals surface area contributed by atoms with Crippen LogP contribution in [-0.4, -0.2) is 21.8 Å². The van der Waals surface area contributed by atoms with Crippen molar-refractivity contribution >= 4 is 5.69 Å². The number of rotatable bonds is 3. The molecule has 0 fully saturated rings. The van der Waals surface area contributed by atoms with E-state index < -0.39 is 4.92 Å². The molecule has 2 aromatic rings. The molecule has 0 N–H and O–H groups in total. The number of benzene rings is 1. The van der Waals surface area contributed by atoms with E-state index in [-0.39, 0.29) is 5.69 Å². The molecule has 6 nitrogen and oxygen atoms in total. The minimum atomic E-state index is -0.425. The summed E-state index contributed by atoms with van der Waals surface area (Å²) in [5.74, 6) is 0.558. The predicted molar refractivity (Wildman–Crippen MR) is 66.2 cm³/mol. The highest BCUT2D eigenvalue weighted by Crippen LogP contribution is 2.28. The van der Waals surface area contributed by atoms with E-state index in [2.05, 4.69) is 5.10 Å². The Morgan fingerprint density at radius 2 is 2.06 bits per heavy atom. The standard InChI is InChI=1S/C12H13N3O3/c1-8-6-9(2)14(13-8)12-7-10(18-3)4-5-11(12)15(16)17/h4-7H,1-3H3. The Morgan fingerprint density at radius 3 is 2.56 bits per heavy atom. The molecule has 0 aliphatic heterocycles. The molecule has 0 radical (unpaired) electrons. The van der Waals surface area contributed by atoms with Crippen molar-refractivity contribution < 1.29 is 9.66 Å². The molecule has 94 valence electrons. The third kappa shape index (κ3) is 2.04. The molecule has 0 spiro atoms. The van der Waals surface area contributed by atoms with Crippen LogP contribution in [0.4, 0.5) is 5.69 Å². The van der Waals surface area contributed by atoms with Gasteiger partial charge in [0.2, 0.25) is 0 Å². The third-order valence-electron chi connectivity index (χ3n) is 2.62. The van der Waals surface area contributed by atoms with Gasteiger partial charge < -0.3 is 4.74 Å². The molecule has 6 heteroatoms. The van der Waals surface area contributed by atoms with Crippen LogP contribution in [-0.2, 0) is 0 Å². The molecule has 0 aliphatic carbocycles. The molecule has 0 saturated carbocycles. The third-order valence-corrected chi connectivity index (χ3v) is 2.62. The first kappa shape index (κ1) is 12.1. The Morgan fingerprint density at radius 1 is 1.33 bits per heavy atom. The molecule has 0 amide bonds. The van der Waals surface area contributed by atoms with E-state index in [1.807, 2.05) is 19.9 Å². The topological polar surface area (TPSA) is 70.2 Å². The normalized spacial score (nSPS) is 10.4. The van der Waals surface area contributed by atoms with Crippen molar-refractivity contribution in [1.29, 1.82) is 0 Å². The number of nitrogens with zero attached hydrogens (tertiary/aromatic N) is 3. The van der Waals surface area contributed by atoms with E-state index >= 15 is 0 Å². The highest BCUT2D eigenvalue weighted by Gasteiger charge is 2.18. The first-order chi connectivity index (χ1) is 8.52. The van der Waals surface area contributed by atoms with Gasteiger partial charge in [0.05, 0.1) is 17.7 Å². The molecule has 0 unspecified atom stereocenters. The number of ether oxygens (including phenoxy) is 1. The first-order valence-corrected chi connectivity index (χ1v) is 5.39. The number of nitro groups is 1. The van der Waals surface area contributed by atoms with E-state index in [9.17, 15) is 10.1 Å². The van der Waals surface area contributed by atoms with Crippen LogP contribution in [0.25, 0.3) is 5.69 Å². The van der Waals surface area contributed by atoms with Gasteiger partial charge in [-0.15, -0.1) is 0 Å². The number of aryl methyl sites for hydroxylation is 2. The molecular weight excluding hydrogens is 234 g/mol. The second-order valence-electron chi connectivity index (χ2n) is 3.95. The average molecular weight is 247 g/mol. The second kappa shape index (κ2) is 4.48. The monoisotopic (exact) mass is 247 g/mol. The smallest absolute Gasteiger partial charge is 0.295 e. The van der Waals surface area contributed by atoms with Crippen LogP contribution in [0.5, 0.6) is 5.75 Å². The van der Waals surface area contributed by atoms with Crippen LogP contribution in [0.3, 0.4) is 0 Å². The summed E-state index contributed by atoms with van der Waals surface area (Å²) < 4.78 is 6.65. The minimum Gasteiger partial charge on any atom is -0.497 e. The van der Waals surface area contributed by atoms with Gasteiger partial charge in [0.25, 0.3) is 5.69 Å². The van der Waals surface area contributed by atoms with E-state index in [1.54, 1.807) is 16.8 Å². The van der Waals surface area contributed by atoms with E-state index in [0.717, 1.165) is 11.4 Å². The van der Waals surface area contributed by atoms with Gasteiger partial charge in [-0.3, -0.25) is 10.1 Å². The number of methoxy groups -OCH3 is 1. The lowest BCUT2D eigenvalue weighted by atomic mass is 10.2. The van der Waals surface area contributed by atoms with Gasteiger partial charge in [0.1, 0.15) is 11.4 Å². The van der Waals surface area contributed by atoms with Crippen molar-refractivity contribution in [3.05, 3.63) is 45.8 Å². The first-order valence-electron chi connectivity index (χ1n) is 5.39. The molecule has 0 atom stereocenters. The molecular formula is C12H13N3O3. The lowest BCUT2D eigenvalue weighted by Gasteiger charge is -2.07. The van der Waals surface area contributed by atoms with Crippen molar-refractivity contribution in [1.82, 2.24) is 9.78 Å². The summed E-state index contributed by atoms with van der Waals surface area (Å²) in [6.45, 7) is 3.69. The Kier molecular flexibility index (Phi) is 3.01. The van der Waals surface area contributed by atoms with Gasteiger partial charge in [-0.1, -0.05) is 0 Å². The van der Waals surface area contributed by atoms with Gasteiger partial charge in [-0.25, -0.2) is 4.68 Å². The lowest BCUT2D eigenvalue weighted by Crippen LogP contribution is -2.04. The molecule has 0 aliphatic rings. The van der Waals surface area contributed by atoms with Crippen molar-refractivity contribution in [2.75, 3.05) is 7.11 Å². The number of nitro benzene ring substituents is 1. The number of hydrogen-bond donors (Lipinski definition) is 0. The van der Waals surface area contributed by atoms with Crippen molar-refractivity contribution in [3.63, 3.8) is 0 Å². The Labute approximate surface area is 104 Å². The SMILES string of the molecule is COc1ccc([N+](=O)[O-])c(-n2nc(C)cc2C)c1. The molecule has 1 aromatic heterocycles. The van der Waals surface area contributed by atoms with E-state index in [0.29, 0.717) is 11.4 Å².